The van der Waals surface area contributed by atoms with Crippen LogP contribution in [0, 0.1) is 25.1 Å². The molecule has 3 N–H and O–H groups in total. The number of nitrogens with one attached hydrogen (secondary N) is 1. The molecule has 0 aliphatic carbocycles. The molecule has 2 rings (SSSR count). The summed E-state index contributed by atoms with van der Waals surface area (Å²) in [6, 6.07) is 10.9. The predicted octanol–water partition coefficient (Wildman–Crippen LogP) is 3.36. The number of nitrogens with zero attached hydrogens (tertiary/aromatic N) is 1. The lowest BCUT2D eigenvalue weighted by atomic mass is 10.1. The monoisotopic (exact) mass is 285 g/mol. The van der Waals surface area contributed by atoms with Crippen molar-refractivity contribution in [1.82, 2.24) is 0 Å². The van der Waals surface area contributed by atoms with Crippen molar-refractivity contribution in [2.75, 3.05) is 11.9 Å². The van der Waals surface area contributed by atoms with Crippen LogP contribution in [-0.2, 0) is 6.54 Å². The van der Waals surface area contributed by atoms with E-state index in [4.69, 9.17) is 11.1 Å². The summed E-state index contributed by atoms with van der Waals surface area (Å²) in [5.74, 6) is -0.456. The largest absolute Gasteiger partial charge is 0.384 e. The zero-order valence-corrected chi connectivity index (χ0v) is 12.6. The van der Waals surface area contributed by atoms with Crippen molar-refractivity contribution in [2.24, 2.45) is 5.73 Å². The van der Waals surface area contributed by atoms with Gasteiger partial charge in [-0.15, -0.1) is 0 Å². The average molecular weight is 285 g/mol. The Kier molecular flexibility index (Phi) is 4.26. The molecule has 0 atom stereocenters. The molecule has 0 spiro atoms. The van der Waals surface area contributed by atoms with E-state index in [0.717, 1.165) is 5.69 Å². The lowest BCUT2D eigenvalue weighted by Crippen LogP contribution is -2.19. The van der Waals surface area contributed by atoms with Crippen molar-refractivity contribution < 1.29 is 4.39 Å². The maximum absolute atomic E-state index is 14.1. The Balaban J connectivity index is 2.23. The van der Waals surface area contributed by atoms with Gasteiger partial charge in [0.25, 0.3) is 0 Å². The fourth-order valence-electron chi connectivity index (χ4n) is 2.42. The minimum atomic E-state index is -0.334. The standard InChI is InChI=1S/C17H20FN3/c1-11-4-7-16(12(2)8-11)21(3)10-14-6-5-13(17(19)20)9-15(14)18/h4-9H,10H2,1-3H3,(H3,19,20). The van der Waals surface area contributed by atoms with Crippen molar-refractivity contribution in [1.29, 1.82) is 5.41 Å². The molecule has 0 radical (unpaired) electrons. The van der Waals surface area contributed by atoms with Gasteiger partial charge in [0.15, 0.2) is 0 Å². The molecule has 0 aliphatic heterocycles. The highest BCUT2D eigenvalue weighted by Crippen LogP contribution is 2.22. The first-order valence-corrected chi connectivity index (χ1v) is 6.79. The Morgan fingerprint density at radius 1 is 1.19 bits per heavy atom. The van der Waals surface area contributed by atoms with E-state index in [9.17, 15) is 4.39 Å². The molecule has 2 aromatic rings. The first kappa shape index (κ1) is 15.0. The Labute approximate surface area is 124 Å². The van der Waals surface area contributed by atoms with Gasteiger partial charge in [0.2, 0.25) is 0 Å². The second kappa shape index (κ2) is 5.95. The molecule has 4 heteroatoms. The van der Waals surface area contributed by atoms with E-state index < -0.39 is 0 Å². The lowest BCUT2D eigenvalue weighted by Gasteiger charge is -2.22. The molecule has 0 unspecified atom stereocenters. The van der Waals surface area contributed by atoms with Gasteiger partial charge in [-0.05, 0) is 31.5 Å². The minimum Gasteiger partial charge on any atom is -0.384 e. The highest BCUT2D eigenvalue weighted by atomic mass is 19.1. The van der Waals surface area contributed by atoms with Crippen molar-refractivity contribution in [3.05, 3.63) is 64.5 Å². The number of anilines is 1. The highest BCUT2D eigenvalue weighted by molar-refractivity contribution is 5.94. The molecule has 3 nitrogen and oxygen atoms in total. The summed E-state index contributed by atoms with van der Waals surface area (Å²) in [5, 5.41) is 7.33. The quantitative estimate of drug-likeness (QED) is 0.668. The van der Waals surface area contributed by atoms with Gasteiger partial charge in [-0.3, -0.25) is 5.41 Å². The summed E-state index contributed by atoms with van der Waals surface area (Å²) >= 11 is 0. The molecule has 2 aromatic carbocycles. The summed E-state index contributed by atoms with van der Waals surface area (Å²) in [5.41, 5.74) is 9.81. The topological polar surface area (TPSA) is 53.1 Å². The van der Waals surface area contributed by atoms with Crippen molar-refractivity contribution in [3.63, 3.8) is 0 Å². The van der Waals surface area contributed by atoms with Crippen LogP contribution in [0.2, 0.25) is 0 Å². The molecule has 0 saturated heterocycles. The number of hydrogen-bond donors (Lipinski definition) is 2. The van der Waals surface area contributed by atoms with Crippen LogP contribution in [0.15, 0.2) is 36.4 Å². The summed E-state index contributed by atoms with van der Waals surface area (Å²) < 4.78 is 14.1. The van der Waals surface area contributed by atoms with E-state index in [1.807, 2.05) is 31.0 Å². The molecule has 0 aromatic heterocycles. The Morgan fingerprint density at radius 3 is 2.48 bits per heavy atom. The van der Waals surface area contributed by atoms with E-state index >= 15 is 0 Å². The summed E-state index contributed by atoms with van der Waals surface area (Å²) in [4.78, 5) is 2.01. The SMILES string of the molecule is Cc1ccc(N(C)Cc2ccc(C(=N)N)cc2F)c(C)c1. The first-order chi connectivity index (χ1) is 9.88. The van der Waals surface area contributed by atoms with E-state index in [0.29, 0.717) is 17.7 Å². The van der Waals surface area contributed by atoms with E-state index in [1.54, 1.807) is 12.1 Å². The van der Waals surface area contributed by atoms with Crippen molar-refractivity contribution in [2.45, 2.75) is 20.4 Å². The third-order valence-electron chi connectivity index (χ3n) is 3.54. The van der Waals surface area contributed by atoms with Crippen LogP contribution < -0.4 is 10.6 Å². The van der Waals surface area contributed by atoms with Crippen molar-refractivity contribution in [3.8, 4) is 0 Å². The van der Waals surface area contributed by atoms with Gasteiger partial charge >= 0.3 is 0 Å². The molecular formula is C17H20FN3. The number of nitrogens with two attached hydrogens (primary N) is 1. The van der Waals surface area contributed by atoms with Gasteiger partial charge in [-0.2, -0.15) is 0 Å². The Hall–Kier alpha value is -2.36. The fourth-order valence-corrected chi connectivity index (χ4v) is 2.42. The molecule has 21 heavy (non-hydrogen) atoms. The number of hydrogen-bond acceptors (Lipinski definition) is 2. The normalized spacial score (nSPS) is 10.5. The summed E-state index contributed by atoms with van der Waals surface area (Å²) in [6.07, 6.45) is 0. The van der Waals surface area contributed by atoms with Crippen LogP contribution in [0.4, 0.5) is 10.1 Å². The van der Waals surface area contributed by atoms with Gasteiger partial charge in [0.05, 0.1) is 0 Å². The average Bonchev–Trinajstić information content (AvgIpc) is 2.40. The predicted molar refractivity (Wildman–Crippen MR) is 85.4 cm³/mol. The molecule has 0 amide bonds. The molecule has 0 aliphatic rings. The lowest BCUT2D eigenvalue weighted by molar-refractivity contribution is 0.607. The van der Waals surface area contributed by atoms with Crippen molar-refractivity contribution >= 4 is 11.5 Å². The second-order valence-corrected chi connectivity index (χ2v) is 5.37. The molecule has 110 valence electrons. The zero-order valence-electron chi connectivity index (χ0n) is 12.6. The number of halogens is 1. The number of rotatable bonds is 4. The summed E-state index contributed by atoms with van der Waals surface area (Å²) in [7, 11) is 1.94. The van der Waals surface area contributed by atoms with E-state index in [-0.39, 0.29) is 11.7 Å². The van der Waals surface area contributed by atoms with Gasteiger partial charge < -0.3 is 10.6 Å². The van der Waals surface area contributed by atoms with Crippen LogP contribution in [0.25, 0.3) is 0 Å². The smallest absolute Gasteiger partial charge is 0.128 e. The molecule has 0 fully saturated rings. The Morgan fingerprint density at radius 2 is 1.90 bits per heavy atom. The second-order valence-electron chi connectivity index (χ2n) is 5.37. The number of benzene rings is 2. The summed E-state index contributed by atoms with van der Waals surface area (Å²) in [6.45, 7) is 4.57. The van der Waals surface area contributed by atoms with E-state index in [2.05, 4.69) is 13.0 Å². The zero-order chi connectivity index (χ0) is 15.6. The molecule has 0 heterocycles. The maximum atomic E-state index is 14.1. The molecule has 0 bridgehead atoms. The van der Waals surface area contributed by atoms with Crippen LogP contribution in [0.5, 0.6) is 0 Å². The third-order valence-corrected chi connectivity index (χ3v) is 3.54. The maximum Gasteiger partial charge on any atom is 0.128 e. The number of aryl methyl sites for hydroxylation is 2. The molecule has 0 saturated carbocycles. The van der Waals surface area contributed by atoms with Crippen LogP contribution >= 0.6 is 0 Å². The van der Waals surface area contributed by atoms with Crippen LogP contribution in [0.1, 0.15) is 22.3 Å². The van der Waals surface area contributed by atoms with Crippen LogP contribution in [-0.4, -0.2) is 12.9 Å². The third kappa shape index (κ3) is 3.40. The van der Waals surface area contributed by atoms with Crippen LogP contribution in [0.3, 0.4) is 0 Å². The molecular weight excluding hydrogens is 265 g/mol. The minimum absolute atomic E-state index is 0.122. The highest BCUT2D eigenvalue weighted by Gasteiger charge is 2.10. The first-order valence-electron chi connectivity index (χ1n) is 6.79. The van der Waals surface area contributed by atoms with Gasteiger partial charge in [0.1, 0.15) is 11.7 Å². The van der Waals surface area contributed by atoms with E-state index in [1.165, 1.54) is 17.2 Å². The van der Waals surface area contributed by atoms with Gasteiger partial charge in [0, 0.05) is 30.4 Å². The van der Waals surface area contributed by atoms with Gasteiger partial charge in [-0.1, -0.05) is 29.8 Å². The van der Waals surface area contributed by atoms with Gasteiger partial charge in [-0.25, -0.2) is 4.39 Å². The Bertz CT molecular complexity index is 680. The number of amidine groups is 1. The number of nitrogen functional groups attached to an aromatic ring is 1. The fraction of sp³-hybridized carbons (Fsp3) is 0.235.